The number of thiol groups is 1. The Morgan fingerprint density at radius 1 is 0.913 bits per heavy atom. The van der Waals surface area contributed by atoms with E-state index >= 15 is 0 Å². The van der Waals surface area contributed by atoms with E-state index in [9.17, 15) is 0 Å². The lowest BCUT2D eigenvalue weighted by Crippen LogP contribution is -1.82. The van der Waals surface area contributed by atoms with Crippen LogP contribution in [-0.4, -0.2) is 10.2 Å². The maximum atomic E-state index is 4.48. The number of unbranched alkanes of at least 4 members (excludes halogenated alkanes) is 12. The zero-order valence-electron chi connectivity index (χ0n) is 15.2. The van der Waals surface area contributed by atoms with Crippen molar-refractivity contribution in [2.45, 2.75) is 103 Å². The van der Waals surface area contributed by atoms with Gasteiger partial charge < -0.3 is 4.42 Å². The van der Waals surface area contributed by atoms with Crippen LogP contribution in [0.25, 0.3) is 0 Å². The first-order valence-electron chi connectivity index (χ1n) is 9.37. The Kier molecular flexibility index (Phi) is 18.6. The minimum atomic E-state index is 0.301. The van der Waals surface area contributed by atoms with Crippen LogP contribution >= 0.6 is 12.6 Å². The fraction of sp³-hybridized carbons (Fsp3) is 0.789. The van der Waals surface area contributed by atoms with E-state index in [1.807, 2.05) is 0 Å². The molecule has 0 fully saturated rings. The highest BCUT2D eigenvalue weighted by atomic mass is 32.1. The topological polar surface area (TPSA) is 38.9 Å². The second-order valence-corrected chi connectivity index (χ2v) is 6.35. The van der Waals surface area contributed by atoms with Gasteiger partial charge in [0, 0.05) is 0 Å². The summed E-state index contributed by atoms with van der Waals surface area (Å²) in [5, 5.41) is 6.99. The van der Waals surface area contributed by atoms with Gasteiger partial charge in [-0.25, -0.2) is 0 Å². The molecule has 0 aliphatic carbocycles. The Balaban J connectivity index is 0.000000664. The number of hydrogen-bond acceptors (Lipinski definition) is 4. The smallest absolute Gasteiger partial charge is 0.273 e. The molecule has 1 rings (SSSR count). The maximum Gasteiger partial charge on any atom is 0.273 e. The highest BCUT2D eigenvalue weighted by Gasteiger charge is 1.92. The van der Waals surface area contributed by atoms with E-state index in [2.05, 4.69) is 53.2 Å². The predicted molar refractivity (Wildman–Crippen MR) is 102 cm³/mol. The Morgan fingerprint density at radius 3 is 1.78 bits per heavy atom. The predicted octanol–water partition coefficient (Wildman–Crippen LogP) is 7.01. The largest absolute Gasteiger partial charge is 0.419 e. The summed E-state index contributed by atoms with van der Waals surface area (Å²) >= 11 is 3.70. The lowest BCUT2D eigenvalue weighted by Gasteiger charge is -2.02. The molecule has 0 radical (unpaired) electrons. The van der Waals surface area contributed by atoms with Gasteiger partial charge in [-0.1, -0.05) is 102 Å². The van der Waals surface area contributed by atoms with Gasteiger partial charge in [0.15, 0.2) is 0 Å². The zero-order valence-corrected chi connectivity index (χ0v) is 16.1. The molecule has 3 nitrogen and oxygen atoms in total. The quantitative estimate of drug-likeness (QED) is 0.238. The third-order valence-corrected chi connectivity index (χ3v) is 4.00. The molecule has 0 N–H and O–H groups in total. The van der Waals surface area contributed by atoms with Crippen LogP contribution in [0.5, 0.6) is 0 Å². The molecule has 0 aliphatic heterocycles. The second kappa shape index (κ2) is 19.3. The molecule has 1 aromatic heterocycles. The SMILES string of the molecule is CC=CCCCCCCCCCCCCCC.Sc1nnco1. The van der Waals surface area contributed by atoms with Crippen LogP contribution in [0.4, 0.5) is 0 Å². The van der Waals surface area contributed by atoms with Crippen LogP contribution in [0.2, 0.25) is 0 Å². The summed E-state index contributed by atoms with van der Waals surface area (Å²) in [6.07, 6.45) is 24.3. The molecule has 134 valence electrons. The Bertz CT molecular complexity index is 339. The van der Waals surface area contributed by atoms with Crippen molar-refractivity contribution in [3.8, 4) is 0 Å². The molecule has 0 saturated carbocycles. The molecule has 0 atom stereocenters. The monoisotopic (exact) mass is 340 g/mol. The van der Waals surface area contributed by atoms with Gasteiger partial charge in [-0.15, -0.1) is 10.2 Å². The minimum Gasteiger partial charge on any atom is -0.419 e. The standard InChI is InChI=1S/C17H34.C2H2N2OS/c1-3-5-7-9-11-13-15-17-16-14-12-10-8-6-4-2;6-2-4-3-1-5-2/h3,5H,4,6-17H2,1-2H3;1H,(H,4,6). The van der Waals surface area contributed by atoms with Crippen molar-refractivity contribution in [3.05, 3.63) is 18.5 Å². The molecule has 0 amide bonds. The molecule has 4 heteroatoms. The van der Waals surface area contributed by atoms with E-state index in [0.717, 1.165) is 0 Å². The summed E-state index contributed by atoms with van der Waals surface area (Å²) in [6, 6.07) is 0. The van der Waals surface area contributed by atoms with Crippen molar-refractivity contribution in [3.63, 3.8) is 0 Å². The average molecular weight is 341 g/mol. The van der Waals surface area contributed by atoms with E-state index in [1.54, 1.807) is 0 Å². The minimum absolute atomic E-state index is 0.301. The second-order valence-electron chi connectivity index (χ2n) is 5.97. The van der Waals surface area contributed by atoms with Gasteiger partial charge in [0.25, 0.3) is 5.22 Å². The van der Waals surface area contributed by atoms with Gasteiger partial charge in [-0.3, -0.25) is 0 Å². The third kappa shape index (κ3) is 19.2. The number of rotatable bonds is 13. The van der Waals surface area contributed by atoms with E-state index in [4.69, 9.17) is 0 Å². The molecule has 0 spiro atoms. The average Bonchev–Trinajstić information content (AvgIpc) is 3.03. The number of aromatic nitrogens is 2. The van der Waals surface area contributed by atoms with Gasteiger partial charge in [-0.05, 0) is 19.8 Å². The molecule has 0 aliphatic rings. The zero-order chi connectivity index (χ0) is 17.0. The molecule has 0 unspecified atom stereocenters. The highest BCUT2D eigenvalue weighted by molar-refractivity contribution is 7.80. The summed E-state index contributed by atoms with van der Waals surface area (Å²) in [5.41, 5.74) is 0. The van der Waals surface area contributed by atoms with Crippen LogP contribution in [0.1, 0.15) is 97.3 Å². The van der Waals surface area contributed by atoms with Gasteiger partial charge in [0.1, 0.15) is 0 Å². The van der Waals surface area contributed by atoms with Gasteiger partial charge in [-0.2, -0.15) is 0 Å². The lowest BCUT2D eigenvalue weighted by molar-refractivity contribution is 0.455. The van der Waals surface area contributed by atoms with Crippen LogP contribution in [-0.2, 0) is 0 Å². The van der Waals surface area contributed by atoms with Crippen LogP contribution in [0.15, 0.2) is 28.2 Å². The Hall–Kier alpha value is -0.770. The summed E-state index contributed by atoms with van der Waals surface area (Å²) in [6.45, 7) is 4.40. The Morgan fingerprint density at radius 2 is 1.43 bits per heavy atom. The summed E-state index contributed by atoms with van der Waals surface area (Å²) < 4.78 is 4.48. The molecule has 0 saturated heterocycles. The number of hydrogen-bond donors (Lipinski definition) is 1. The first-order chi connectivity index (χ1) is 11.3. The van der Waals surface area contributed by atoms with Crippen molar-refractivity contribution >= 4 is 12.6 Å². The van der Waals surface area contributed by atoms with E-state index in [1.165, 1.54) is 89.9 Å². The van der Waals surface area contributed by atoms with Gasteiger partial charge in [0.05, 0.1) is 0 Å². The van der Waals surface area contributed by atoms with Crippen LogP contribution in [0, 0.1) is 0 Å². The van der Waals surface area contributed by atoms with Crippen molar-refractivity contribution in [1.82, 2.24) is 10.2 Å². The summed E-state index contributed by atoms with van der Waals surface area (Å²) in [5.74, 6) is 0. The highest BCUT2D eigenvalue weighted by Crippen LogP contribution is 2.12. The molecule has 0 bridgehead atoms. The van der Waals surface area contributed by atoms with E-state index in [0.29, 0.717) is 5.22 Å². The van der Waals surface area contributed by atoms with Crippen molar-refractivity contribution in [2.24, 2.45) is 0 Å². The Labute approximate surface area is 148 Å². The molecule has 1 heterocycles. The first kappa shape index (κ1) is 22.2. The lowest BCUT2D eigenvalue weighted by atomic mass is 10.0. The van der Waals surface area contributed by atoms with Crippen molar-refractivity contribution in [1.29, 1.82) is 0 Å². The molecular formula is C19H36N2OS. The molecule has 23 heavy (non-hydrogen) atoms. The molecular weight excluding hydrogens is 304 g/mol. The van der Waals surface area contributed by atoms with Crippen LogP contribution in [0.3, 0.4) is 0 Å². The van der Waals surface area contributed by atoms with E-state index in [-0.39, 0.29) is 0 Å². The maximum absolute atomic E-state index is 4.48. The fourth-order valence-corrected chi connectivity index (χ4v) is 2.54. The van der Waals surface area contributed by atoms with Crippen molar-refractivity contribution < 1.29 is 4.42 Å². The molecule has 1 aromatic rings. The first-order valence-corrected chi connectivity index (χ1v) is 9.82. The normalized spacial score (nSPS) is 10.7. The molecule has 0 aromatic carbocycles. The van der Waals surface area contributed by atoms with Crippen molar-refractivity contribution in [2.75, 3.05) is 0 Å². The van der Waals surface area contributed by atoms with Crippen LogP contribution < -0.4 is 0 Å². The number of allylic oxidation sites excluding steroid dienone is 2. The van der Waals surface area contributed by atoms with E-state index < -0.39 is 0 Å². The fourth-order valence-electron chi connectivity index (χ4n) is 2.44. The number of nitrogens with zero attached hydrogens (tertiary/aromatic N) is 2. The summed E-state index contributed by atoms with van der Waals surface area (Å²) in [4.78, 5) is 0. The summed E-state index contributed by atoms with van der Waals surface area (Å²) in [7, 11) is 0. The van der Waals surface area contributed by atoms with Gasteiger partial charge >= 0.3 is 0 Å². The third-order valence-electron chi connectivity index (χ3n) is 3.81. The van der Waals surface area contributed by atoms with Gasteiger partial charge in [0.2, 0.25) is 6.39 Å².